The zero-order valence-corrected chi connectivity index (χ0v) is 16.9. The number of allylic oxidation sites excluding steroid dienone is 2. The summed E-state index contributed by atoms with van der Waals surface area (Å²) < 4.78 is 11.7. The van der Waals surface area contributed by atoms with Gasteiger partial charge in [0.15, 0.2) is 6.79 Å². The van der Waals surface area contributed by atoms with E-state index in [0.717, 1.165) is 60.4 Å². The maximum absolute atomic E-state index is 12.8. The SMILES string of the molecule is O=C(OCOCC12CC3CC(CC(C3)C1)C2)C1CC2CC1C1C3C=CC(C3)C21. The lowest BCUT2D eigenvalue weighted by Crippen LogP contribution is -2.48. The highest BCUT2D eigenvalue weighted by atomic mass is 16.7. The Morgan fingerprint density at radius 3 is 2.25 bits per heavy atom. The molecule has 0 aromatic carbocycles. The van der Waals surface area contributed by atoms with E-state index in [4.69, 9.17) is 9.47 Å². The van der Waals surface area contributed by atoms with Crippen molar-refractivity contribution < 1.29 is 14.3 Å². The van der Waals surface area contributed by atoms with E-state index in [0.29, 0.717) is 11.3 Å². The fourth-order valence-corrected chi connectivity index (χ4v) is 10.2. The van der Waals surface area contributed by atoms with Crippen LogP contribution in [-0.4, -0.2) is 19.4 Å². The number of hydrogen-bond donors (Lipinski definition) is 0. The predicted octanol–water partition coefficient (Wildman–Crippen LogP) is 4.81. The van der Waals surface area contributed by atoms with Crippen LogP contribution < -0.4 is 0 Å². The van der Waals surface area contributed by atoms with E-state index in [1.807, 2.05) is 0 Å². The van der Waals surface area contributed by atoms with Gasteiger partial charge in [-0.2, -0.15) is 0 Å². The first kappa shape index (κ1) is 16.9. The van der Waals surface area contributed by atoms with Crippen molar-refractivity contribution in [3.63, 3.8) is 0 Å². The van der Waals surface area contributed by atoms with Crippen LogP contribution >= 0.6 is 0 Å². The van der Waals surface area contributed by atoms with Crippen LogP contribution in [-0.2, 0) is 14.3 Å². The molecule has 3 heteroatoms. The zero-order chi connectivity index (χ0) is 18.5. The van der Waals surface area contributed by atoms with Gasteiger partial charge in [-0.1, -0.05) is 12.2 Å². The lowest BCUT2D eigenvalue weighted by Gasteiger charge is -2.56. The Hall–Kier alpha value is -0.830. The van der Waals surface area contributed by atoms with Gasteiger partial charge in [-0.15, -0.1) is 0 Å². The van der Waals surface area contributed by atoms with E-state index in [-0.39, 0.29) is 18.7 Å². The van der Waals surface area contributed by atoms with Gasteiger partial charge >= 0.3 is 5.97 Å². The van der Waals surface area contributed by atoms with Crippen LogP contribution in [0, 0.1) is 64.6 Å². The first-order valence-electron chi connectivity index (χ1n) is 12.1. The molecule has 7 fully saturated rings. The van der Waals surface area contributed by atoms with Crippen LogP contribution in [0.2, 0.25) is 0 Å². The predicted molar refractivity (Wildman–Crippen MR) is 105 cm³/mol. The molecule has 0 saturated heterocycles. The van der Waals surface area contributed by atoms with Gasteiger partial charge in [0.05, 0.1) is 12.5 Å². The van der Waals surface area contributed by atoms with Crippen molar-refractivity contribution in [2.75, 3.05) is 13.4 Å². The minimum Gasteiger partial charge on any atom is -0.438 e. The monoisotopic (exact) mass is 382 g/mol. The third kappa shape index (κ3) is 2.35. The fraction of sp³-hybridized carbons (Fsp3) is 0.880. The molecule has 7 unspecified atom stereocenters. The number of esters is 1. The molecule has 0 heterocycles. The summed E-state index contributed by atoms with van der Waals surface area (Å²) in [4.78, 5) is 12.8. The molecule has 0 aromatic rings. The van der Waals surface area contributed by atoms with Gasteiger partial charge in [-0.25, -0.2) is 0 Å². The summed E-state index contributed by atoms with van der Waals surface area (Å²) >= 11 is 0. The van der Waals surface area contributed by atoms with Gasteiger partial charge in [-0.3, -0.25) is 4.79 Å². The third-order valence-electron chi connectivity index (χ3n) is 10.4. The van der Waals surface area contributed by atoms with Crippen LogP contribution in [0.5, 0.6) is 0 Å². The number of carbonyl (C=O) groups excluding carboxylic acids is 1. The number of ether oxygens (including phenoxy) is 2. The van der Waals surface area contributed by atoms with Crippen molar-refractivity contribution in [1.29, 1.82) is 0 Å². The summed E-state index contributed by atoms with van der Waals surface area (Å²) in [5, 5.41) is 0. The van der Waals surface area contributed by atoms with Gasteiger partial charge < -0.3 is 9.47 Å². The van der Waals surface area contributed by atoms with Crippen molar-refractivity contribution in [3.05, 3.63) is 12.2 Å². The fourth-order valence-electron chi connectivity index (χ4n) is 10.2. The van der Waals surface area contributed by atoms with E-state index >= 15 is 0 Å². The summed E-state index contributed by atoms with van der Waals surface area (Å²) in [5.74, 6) is 7.67. The lowest BCUT2D eigenvalue weighted by molar-refractivity contribution is -0.173. The molecule has 3 nitrogen and oxygen atoms in total. The van der Waals surface area contributed by atoms with E-state index in [1.165, 1.54) is 51.4 Å². The Kier molecular flexibility index (Phi) is 3.54. The molecule has 0 spiro atoms. The molecule has 7 saturated carbocycles. The molecule has 28 heavy (non-hydrogen) atoms. The molecular formula is C25H34O3. The summed E-state index contributed by atoms with van der Waals surface area (Å²) in [6.45, 7) is 1.01. The van der Waals surface area contributed by atoms with Gasteiger partial charge in [-0.05, 0) is 116 Å². The molecule has 8 rings (SSSR count). The largest absolute Gasteiger partial charge is 0.438 e. The average molecular weight is 383 g/mol. The Labute approximate surface area is 168 Å². The van der Waals surface area contributed by atoms with Crippen molar-refractivity contribution in [2.45, 2.75) is 57.8 Å². The summed E-state index contributed by atoms with van der Waals surface area (Å²) in [5.41, 5.74) is 0.413. The maximum atomic E-state index is 12.8. The van der Waals surface area contributed by atoms with Crippen LogP contribution in [0.15, 0.2) is 12.2 Å². The molecule has 0 N–H and O–H groups in total. The lowest BCUT2D eigenvalue weighted by atomic mass is 9.50. The highest BCUT2D eigenvalue weighted by Crippen LogP contribution is 2.67. The molecule has 7 atom stereocenters. The van der Waals surface area contributed by atoms with Gasteiger partial charge in [0.2, 0.25) is 0 Å². The van der Waals surface area contributed by atoms with Crippen LogP contribution in [0.25, 0.3) is 0 Å². The third-order valence-corrected chi connectivity index (χ3v) is 10.4. The molecule has 0 aliphatic heterocycles. The van der Waals surface area contributed by atoms with Gasteiger partial charge in [0.25, 0.3) is 0 Å². The molecule has 0 aromatic heterocycles. The number of rotatable bonds is 5. The average Bonchev–Trinajstić information content (AvgIpc) is 3.43. The second kappa shape index (κ2) is 5.86. The van der Waals surface area contributed by atoms with E-state index in [9.17, 15) is 4.79 Å². The smallest absolute Gasteiger partial charge is 0.311 e. The maximum Gasteiger partial charge on any atom is 0.311 e. The molecule has 0 radical (unpaired) electrons. The number of hydrogen-bond acceptors (Lipinski definition) is 3. The van der Waals surface area contributed by atoms with Gasteiger partial charge in [0.1, 0.15) is 0 Å². The summed E-state index contributed by atoms with van der Waals surface area (Å²) in [7, 11) is 0. The summed E-state index contributed by atoms with van der Waals surface area (Å²) in [6.07, 6.45) is 17.1. The Morgan fingerprint density at radius 1 is 0.857 bits per heavy atom. The Morgan fingerprint density at radius 2 is 1.54 bits per heavy atom. The quantitative estimate of drug-likeness (QED) is 0.225. The Balaban J connectivity index is 0.937. The van der Waals surface area contributed by atoms with Crippen molar-refractivity contribution in [3.8, 4) is 0 Å². The second-order valence-corrected chi connectivity index (χ2v) is 12.0. The van der Waals surface area contributed by atoms with Crippen LogP contribution in [0.4, 0.5) is 0 Å². The second-order valence-electron chi connectivity index (χ2n) is 12.0. The van der Waals surface area contributed by atoms with E-state index in [1.54, 1.807) is 0 Å². The summed E-state index contributed by atoms with van der Waals surface area (Å²) in [6, 6.07) is 0. The van der Waals surface area contributed by atoms with Crippen LogP contribution in [0.1, 0.15) is 57.8 Å². The van der Waals surface area contributed by atoms with Crippen molar-refractivity contribution in [1.82, 2.24) is 0 Å². The van der Waals surface area contributed by atoms with Crippen molar-refractivity contribution in [2.24, 2.45) is 64.6 Å². The Bertz CT molecular complexity index is 675. The first-order chi connectivity index (χ1) is 13.7. The zero-order valence-electron chi connectivity index (χ0n) is 16.9. The molecular weight excluding hydrogens is 348 g/mol. The minimum atomic E-state index is 0.0446. The first-order valence-corrected chi connectivity index (χ1v) is 12.1. The number of carbonyl (C=O) groups is 1. The minimum absolute atomic E-state index is 0.0446. The highest BCUT2D eigenvalue weighted by molar-refractivity contribution is 5.73. The topological polar surface area (TPSA) is 35.5 Å². The molecule has 8 aliphatic rings. The van der Waals surface area contributed by atoms with Gasteiger partial charge in [0, 0.05) is 0 Å². The molecule has 8 aliphatic carbocycles. The molecule has 8 bridgehead atoms. The van der Waals surface area contributed by atoms with Crippen molar-refractivity contribution >= 4 is 5.97 Å². The van der Waals surface area contributed by atoms with E-state index < -0.39 is 0 Å². The number of fused-ring (bicyclic) bond motifs is 9. The van der Waals surface area contributed by atoms with Crippen LogP contribution in [0.3, 0.4) is 0 Å². The molecule has 152 valence electrons. The highest BCUT2D eigenvalue weighted by Gasteiger charge is 2.62. The van der Waals surface area contributed by atoms with E-state index in [2.05, 4.69) is 12.2 Å². The standard InChI is InChI=1S/C25H34O3/c26-24(21-8-19-7-20(21)23-18-2-1-17(6-18)22(19)23)28-13-27-12-25-9-14-3-15(10-25)5-16(4-14)11-25/h1-2,14-23H,3-13H2. The molecule has 0 amide bonds. The normalized spacial score (nSPS) is 56.6.